The lowest BCUT2D eigenvalue weighted by molar-refractivity contribution is 0.0322. The van der Waals surface area contributed by atoms with Crippen LogP contribution in [0.2, 0.25) is 0 Å². The molecule has 0 radical (unpaired) electrons. The third-order valence-electron chi connectivity index (χ3n) is 5.98. The van der Waals surface area contributed by atoms with Crippen LogP contribution in [0.3, 0.4) is 0 Å². The number of nitrogens with one attached hydrogen (secondary N) is 1. The minimum atomic E-state index is 0.669. The number of fused-ring (bicyclic) bond motifs is 6. The second-order valence-corrected chi connectivity index (χ2v) is 7.94. The van der Waals surface area contributed by atoms with Crippen LogP contribution in [-0.2, 0) is 4.74 Å². The van der Waals surface area contributed by atoms with Crippen LogP contribution in [0.25, 0.3) is 44.2 Å². The average molecular weight is 425 g/mol. The van der Waals surface area contributed by atoms with Gasteiger partial charge in [-0.3, -0.25) is 14.9 Å². The molecule has 0 atom stereocenters. The number of morpholine rings is 1. The summed E-state index contributed by atoms with van der Waals surface area (Å²) >= 11 is 0. The summed E-state index contributed by atoms with van der Waals surface area (Å²) in [4.78, 5) is 20.0. The van der Waals surface area contributed by atoms with Crippen LogP contribution in [0.1, 0.15) is 0 Å². The Morgan fingerprint density at radius 3 is 2.38 bits per heavy atom. The topological polar surface area (TPSA) is 76.2 Å². The molecule has 1 aliphatic heterocycles. The number of imidazole rings is 1. The highest BCUT2D eigenvalue weighted by Crippen LogP contribution is 2.33. The van der Waals surface area contributed by atoms with Crippen molar-refractivity contribution in [1.29, 1.82) is 0 Å². The van der Waals surface area contributed by atoms with E-state index in [1.807, 2.05) is 36.4 Å². The number of pyridine rings is 2. The van der Waals surface area contributed by atoms with Crippen molar-refractivity contribution >= 4 is 32.8 Å². The Hall–Kier alpha value is -3.55. The van der Waals surface area contributed by atoms with Gasteiger partial charge in [-0.05, 0) is 48.5 Å². The third kappa shape index (κ3) is 3.45. The van der Waals surface area contributed by atoms with Crippen molar-refractivity contribution in [3.63, 3.8) is 0 Å². The van der Waals surface area contributed by atoms with Gasteiger partial charge in [0.05, 0.1) is 35.3 Å². The zero-order chi connectivity index (χ0) is 21.3. The molecule has 4 heterocycles. The van der Waals surface area contributed by atoms with Gasteiger partial charge in [0.2, 0.25) is 0 Å². The Labute approximate surface area is 185 Å². The number of nitrogens with zero attached hydrogens (tertiary/aromatic N) is 4. The van der Waals surface area contributed by atoms with Gasteiger partial charge in [0, 0.05) is 48.4 Å². The second-order valence-electron chi connectivity index (χ2n) is 7.94. The Bertz CT molecular complexity index is 1320. The standard InChI is InChI=1S/C25H23N5O2/c1-3-19-21(26-9-1)22-20(4-2-10-27-22)24-23(19)28-25(29-24)17-5-7-18(8-6-17)32-16-13-30-11-14-31-15-12-30/h1-10H,11-16H2,(H,28,29). The zero-order valence-electron chi connectivity index (χ0n) is 17.6. The lowest BCUT2D eigenvalue weighted by Crippen LogP contribution is -2.38. The van der Waals surface area contributed by atoms with Gasteiger partial charge in [-0.25, -0.2) is 4.98 Å². The monoisotopic (exact) mass is 425 g/mol. The molecule has 2 aromatic carbocycles. The zero-order valence-corrected chi connectivity index (χ0v) is 17.6. The summed E-state index contributed by atoms with van der Waals surface area (Å²) in [6.45, 7) is 5.15. The SMILES string of the molecule is c1cnc2c(c1)c1nc(-c3ccc(OCCN4CCOCC4)cc3)[nH]c1c1cccnc12. The summed E-state index contributed by atoms with van der Waals surface area (Å²) < 4.78 is 11.3. The molecular weight excluding hydrogens is 402 g/mol. The molecule has 1 saturated heterocycles. The summed E-state index contributed by atoms with van der Waals surface area (Å²) in [5, 5.41) is 2.02. The smallest absolute Gasteiger partial charge is 0.138 e. The largest absolute Gasteiger partial charge is 0.492 e. The first-order chi connectivity index (χ1) is 15.9. The van der Waals surface area contributed by atoms with E-state index in [9.17, 15) is 0 Å². The predicted octanol–water partition coefficient (Wildman–Crippen LogP) is 4.04. The van der Waals surface area contributed by atoms with Gasteiger partial charge in [-0.15, -0.1) is 0 Å². The van der Waals surface area contributed by atoms with Crippen molar-refractivity contribution in [1.82, 2.24) is 24.8 Å². The number of hydrogen-bond acceptors (Lipinski definition) is 6. The van der Waals surface area contributed by atoms with E-state index in [1.54, 1.807) is 12.4 Å². The summed E-state index contributed by atoms with van der Waals surface area (Å²) in [7, 11) is 0. The van der Waals surface area contributed by atoms with Gasteiger partial charge in [-0.2, -0.15) is 0 Å². The van der Waals surface area contributed by atoms with E-state index in [0.717, 1.165) is 82.8 Å². The molecule has 5 aromatic rings. The van der Waals surface area contributed by atoms with E-state index in [0.29, 0.717) is 6.61 Å². The molecule has 0 spiro atoms. The molecule has 6 rings (SSSR count). The number of aromatic nitrogens is 4. The van der Waals surface area contributed by atoms with Crippen molar-refractivity contribution in [2.24, 2.45) is 0 Å². The molecule has 1 fully saturated rings. The molecule has 0 unspecified atom stereocenters. The summed E-state index contributed by atoms with van der Waals surface area (Å²) in [6.07, 6.45) is 3.60. The van der Waals surface area contributed by atoms with E-state index in [1.165, 1.54) is 0 Å². The quantitative estimate of drug-likeness (QED) is 0.429. The van der Waals surface area contributed by atoms with Gasteiger partial charge < -0.3 is 14.5 Å². The van der Waals surface area contributed by atoms with Crippen molar-refractivity contribution in [2.45, 2.75) is 0 Å². The normalized spacial score (nSPS) is 15.0. The minimum Gasteiger partial charge on any atom is -0.492 e. The van der Waals surface area contributed by atoms with E-state index in [2.05, 4.69) is 32.0 Å². The fourth-order valence-electron chi connectivity index (χ4n) is 4.31. The lowest BCUT2D eigenvalue weighted by atomic mass is 10.1. The number of H-pyrrole nitrogens is 1. The second kappa shape index (κ2) is 8.18. The molecule has 0 bridgehead atoms. The number of benzene rings is 2. The van der Waals surface area contributed by atoms with Crippen molar-refractivity contribution < 1.29 is 9.47 Å². The van der Waals surface area contributed by atoms with Crippen LogP contribution in [0.4, 0.5) is 0 Å². The van der Waals surface area contributed by atoms with Crippen LogP contribution < -0.4 is 4.74 Å². The molecule has 7 heteroatoms. The van der Waals surface area contributed by atoms with Crippen molar-refractivity contribution in [3.05, 3.63) is 60.9 Å². The molecule has 1 aliphatic rings. The summed E-state index contributed by atoms with van der Waals surface area (Å²) in [5.41, 5.74) is 4.66. The van der Waals surface area contributed by atoms with E-state index >= 15 is 0 Å². The van der Waals surface area contributed by atoms with Crippen LogP contribution in [-0.4, -0.2) is 64.3 Å². The van der Waals surface area contributed by atoms with Crippen LogP contribution in [0.5, 0.6) is 5.75 Å². The maximum absolute atomic E-state index is 5.94. The molecule has 160 valence electrons. The lowest BCUT2D eigenvalue weighted by Gasteiger charge is -2.26. The van der Waals surface area contributed by atoms with Crippen molar-refractivity contribution in [2.75, 3.05) is 39.5 Å². The Balaban J connectivity index is 1.29. The van der Waals surface area contributed by atoms with Gasteiger partial charge in [0.1, 0.15) is 18.2 Å². The van der Waals surface area contributed by atoms with Gasteiger partial charge >= 0.3 is 0 Å². The Kier molecular flexibility index (Phi) is 4.90. The maximum atomic E-state index is 5.94. The van der Waals surface area contributed by atoms with E-state index in [4.69, 9.17) is 14.5 Å². The Morgan fingerprint density at radius 2 is 1.59 bits per heavy atom. The molecule has 0 aliphatic carbocycles. The molecule has 0 saturated carbocycles. The Morgan fingerprint density at radius 1 is 0.875 bits per heavy atom. The fourth-order valence-corrected chi connectivity index (χ4v) is 4.31. The molecule has 7 nitrogen and oxygen atoms in total. The number of ether oxygens (including phenoxy) is 2. The van der Waals surface area contributed by atoms with Crippen LogP contribution >= 0.6 is 0 Å². The fraction of sp³-hybridized carbons (Fsp3) is 0.240. The van der Waals surface area contributed by atoms with Crippen LogP contribution in [0.15, 0.2) is 60.9 Å². The molecule has 3 aromatic heterocycles. The number of aromatic amines is 1. The number of hydrogen-bond donors (Lipinski definition) is 1. The summed E-state index contributed by atoms with van der Waals surface area (Å²) in [6, 6.07) is 16.1. The van der Waals surface area contributed by atoms with E-state index in [-0.39, 0.29) is 0 Å². The first-order valence-electron chi connectivity index (χ1n) is 10.9. The van der Waals surface area contributed by atoms with Gasteiger partial charge in [0.25, 0.3) is 0 Å². The third-order valence-corrected chi connectivity index (χ3v) is 5.98. The average Bonchev–Trinajstić information content (AvgIpc) is 3.31. The molecule has 0 amide bonds. The van der Waals surface area contributed by atoms with Crippen LogP contribution in [0, 0.1) is 0 Å². The maximum Gasteiger partial charge on any atom is 0.138 e. The van der Waals surface area contributed by atoms with Crippen molar-refractivity contribution in [3.8, 4) is 17.1 Å². The summed E-state index contributed by atoms with van der Waals surface area (Å²) in [5.74, 6) is 1.68. The first-order valence-corrected chi connectivity index (χ1v) is 10.9. The van der Waals surface area contributed by atoms with Gasteiger partial charge in [0.15, 0.2) is 0 Å². The minimum absolute atomic E-state index is 0.669. The number of rotatable bonds is 5. The highest BCUT2D eigenvalue weighted by atomic mass is 16.5. The first kappa shape index (κ1) is 19.2. The molecule has 32 heavy (non-hydrogen) atoms. The highest BCUT2D eigenvalue weighted by molar-refractivity contribution is 6.20. The molecular formula is C25H23N5O2. The van der Waals surface area contributed by atoms with Gasteiger partial charge in [-0.1, -0.05) is 0 Å². The highest BCUT2D eigenvalue weighted by Gasteiger charge is 2.15. The molecule has 1 N–H and O–H groups in total. The van der Waals surface area contributed by atoms with E-state index < -0.39 is 0 Å². The predicted molar refractivity (Wildman–Crippen MR) is 125 cm³/mol.